The fraction of sp³-hybridized carbons (Fsp3) is 0.353. The molecule has 1 aromatic heterocycles. The minimum Gasteiger partial charge on any atom is -0.492 e. The number of primary amides is 1. The Morgan fingerprint density at radius 2 is 1.88 bits per heavy atom. The lowest BCUT2D eigenvalue weighted by molar-refractivity contribution is -0.117. The van der Waals surface area contributed by atoms with Crippen molar-refractivity contribution in [1.82, 2.24) is 9.55 Å². The van der Waals surface area contributed by atoms with Crippen molar-refractivity contribution < 1.29 is 14.7 Å². The summed E-state index contributed by atoms with van der Waals surface area (Å²) in [5.41, 5.74) is 6.72. The topological polar surface area (TPSA) is 110 Å². The number of aromatic nitrogens is 2. The quantitative estimate of drug-likeness (QED) is 0.779. The summed E-state index contributed by atoms with van der Waals surface area (Å²) in [6.07, 6.45) is 1.79. The lowest BCUT2D eigenvalue weighted by Crippen LogP contribution is -2.19. The Bertz CT molecular complexity index is 742. The number of nitrogens with zero attached hydrogens (tertiary/aromatic N) is 2. The van der Waals surface area contributed by atoms with Crippen LogP contribution in [0.25, 0.3) is 0 Å². The number of aromatic hydroxyl groups is 1. The Morgan fingerprint density at radius 1 is 1.25 bits per heavy atom. The first-order valence-electron chi connectivity index (χ1n) is 7.58. The van der Waals surface area contributed by atoms with Crippen LogP contribution in [0, 0.1) is 5.41 Å². The van der Waals surface area contributed by atoms with Gasteiger partial charge in [-0.05, 0) is 23.1 Å². The van der Waals surface area contributed by atoms with E-state index in [1.165, 1.54) is 10.9 Å². The number of carbonyl (C=O) groups is 2. The molecule has 0 aliphatic rings. The average molecular weight is 330 g/mol. The lowest BCUT2D eigenvalue weighted by atomic mass is 9.92. The second-order valence-corrected chi connectivity index (χ2v) is 6.89. The molecule has 0 radical (unpaired) electrons. The summed E-state index contributed by atoms with van der Waals surface area (Å²) in [6.45, 7) is 6.35. The normalized spacial score (nSPS) is 11.3. The van der Waals surface area contributed by atoms with Crippen LogP contribution >= 0.6 is 0 Å². The number of anilines is 1. The summed E-state index contributed by atoms with van der Waals surface area (Å²) in [4.78, 5) is 26.9. The predicted octanol–water partition coefficient (Wildman–Crippen LogP) is 2.11. The first kappa shape index (κ1) is 17.5. The van der Waals surface area contributed by atoms with Crippen molar-refractivity contribution in [2.45, 2.75) is 33.7 Å². The van der Waals surface area contributed by atoms with Crippen LogP contribution in [0.1, 0.15) is 43.2 Å². The largest absolute Gasteiger partial charge is 0.492 e. The number of nitrogens with two attached hydrogens (primary N) is 1. The smallest absolute Gasteiger partial charge is 0.271 e. The first-order chi connectivity index (χ1) is 11.2. The van der Waals surface area contributed by atoms with Gasteiger partial charge in [0.05, 0.1) is 6.33 Å². The van der Waals surface area contributed by atoms with E-state index in [4.69, 9.17) is 5.73 Å². The molecule has 7 heteroatoms. The molecule has 2 rings (SSSR count). The molecule has 1 heterocycles. The van der Waals surface area contributed by atoms with Gasteiger partial charge in [-0.25, -0.2) is 4.98 Å². The molecule has 4 N–H and O–H groups in total. The third-order valence-corrected chi connectivity index (χ3v) is 3.33. The van der Waals surface area contributed by atoms with Crippen LogP contribution < -0.4 is 11.1 Å². The molecule has 2 aromatic rings. The molecular weight excluding hydrogens is 308 g/mol. The lowest BCUT2D eigenvalue weighted by Gasteiger charge is -2.17. The fourth-order valence-electron chi connectivity index (χ4n) is 2.32. The van der Waals surface area contributed by atoms with Crippen molar-refractivity contribution in [3.63, 3.8) is 0 Å². The predicted molar refractivity (Wildman–Crippen MR) is 90.7 cm³/mol. The zero-order valence-electron chi connectivity index (χ0n) is 14.0. The molecule has 7 nitrogen and oxygen atoms in total. The molecule has 0 aliphatic carbocycles. The van der Waals surface area contributed by atoms with Gasteiger partial charge in [0.15, 0.2) is 5.69 Å². The minimum atomic E-state index is -0.740. The zero-order chi connectivity index (χ0) is 17.9. The number of hydrogen-bond donors (Lipinski definition) is 3. The van der Waals surface area contributed by atoms with Crippen LogP contribution in [-0.2, 0) is 11.3 Å². The van der Waals surface area contributed by atoms with Crippen molar-refractivity contribution >= 4 is 17.5 Å². The van der Waals surface area contributed by atoms with Crippen molar-refractivity contribution in [2.24, 2.45) is 11.1 Å². The third-order valence-electron chi connectivity index (χ3n) is 3.33. The summed E-state index contributed by atoms with van der Waals surface area (Å²) in [5.74, 6) is -1.16. The van der Waals surface area contributed by atoms with E-state index < -0.39 is 5.91 Å². The van der Waals surface area contributed by atoms with E-state index in [2.05, 4.69) is 10.3 Å². The number of amides is 2. The van der Waals surface area contributed by atoms with Crippen molar-refractivity contribution in [1.29, 1.82) is 0 Å². The Balaban J connectivity index is 2.05. The molecule has 0 saturated carbocycles. The van der Waals surface area contributed by atoms with Gasteiger partial charge in [0.1, 0.15) is 0 Å². The monoisotopic (exact) mass is 330 g/mol. The molecule has 0 fully saturated rings. The summed E-state index contributed by atoms with van der Waals surface area (Å²) in [6, 6.07) is 7.23. The number of rotatable bonds is 5. The Hall–Kier alpha value is -2.83. The molecule has 1 aromatic carbocycles. The van der Waals surface area contributed by atoms with E-state index in [-0.39, 0.29) is 22.9 Å². The molecule has 0 unspecified atom stereocenters. The van der Waals surface area contributed by atoms with E-state index >= 15 is 0 Å². The summed E-state index contributed by atoms with van der Waals surface area (Å²) in [7, 11) is 0. The summed E-state index contributed by atoms with van der Waals surface area (Å²) < 4.78 is 1.48. The Morgan fingerprint density at radius 3 is 2.42 bits per heavy atom. The standard InChI is InChI=1S/C17H22N4O3/c1-17(2,3)8-13(22)20-12-6-4-11(5-7-12)9-21-10-19-16(24)14(21)15(18)23/h4-7,10,24H,8-9H2,1-3H3,(H2,18,23)(H,20,22). The average Bonchev–Trinajstić information content (AvgIpc) is 2.80. The molecule has 0 bridgehead atoms. The van der Waals surface area contributed by atoms with Crippen molar-refractivity contribution in [3.8, 4) is 5.88 Å². The number of carbonyl (C=O) groups excluding carboxylic acids is 2. The second kappa shape index (κ2) is 6.74. The van der Waals surface area contributed by atoms with Gasteiger partial charge in [0.25, 0.3) is 5.91 Å². The number of benzene rings is 1. The summed E-state index contributed by atoms with van der Waals surface area (Å²) in [5, 5.41) is 12.4. The van der Waals surface area contributed by atoms with Crippen LogP contribution in [0.2, 0.25) is 0 Å². The van der Waals surface area contributed by atoms with Crippen LogP contribution in [0.3, 0.4) is 0 Å². The molecule has 0 spiro atoms. The van der Waals surface area contributed by atoms with E-state index in [0.717, 1.165) is 5.56 Å². The van der Waals surface area contributed by atoms with Gasteiger partial charge < -0.3 is 20.7 Å². The summed E-state index contributed by atoms with van der Waals surface area (Å²) >= 11 is 0. The molecule has 0 atom stereocenters. The van der Waals surface area contributed by atoms with Gasteiger partial charge in [-0.3, -0.25) is 9.59 Å². The number of imidazole rings is 1. The second-order valence-electron chi connectivity index (χ2n) is 6.89. The Labute approximate surface area is 140 Å². The SMILES string of the molecule is CC(C)(C)CC(=O)Nc1ccc(Cn2cnc(O)c2C(N)=O)cc1. The maximum absolute atomic E-state index is 11.9. The van der Waals surface area contributed by atoms with E-state index in [1.54, 1.807) is 12.1 Å². The number of nitrogens with one attached hydrogen (secondary N) is 1. The molecule has 24 heavy (non-hydrogen) atoms. The van der Waals surface area contributed by atoms with Crippen LogP contribution in [-0.4, -0.2) is 26.5 Å². The highest BCUT2D eigenvalue weighted by Gasteiger charge is 2.17. The van der Waals surface area contributed by atoms with Crippen molar-refractivity contribution in [3.05, 3.63) is 41.9 Å². The van der Waals surface area contributed by atoms with Gasteiger partial charge in [-0.15, -0.1) is 0 Å². The highest BCUT2D eigenvalue weighted by atomic mass is 16.3. The first-order valence-corrected chi connectivity index (χ1v) is 7.58. The highest BCUT2D eigenvalue weighted by Crippen LogP contribution is 2.20. The zero-order valence-corrected chi connectivity index (χ0v) is 14.0. The van der Waals surface area contributed by atoms with Crippen LogP contribution in [0.5, 0.6) is 5.88 Å². The van der Waals surface area contributed by atoms with Gasteiger partial charge in [-0.1, -0.05) is 32.9 Å². The maximum atomic E-state index is 11.9. The molecule has 0 aliphatic heterocycles. The van der Waals surface area contributed by atoms with Gasteiger partial charge in [0.2, 0.25) is 11.8 Å². The Kier molecular flexibility index (Phi) is 4.92. The highest BCUT2D eigenvalue weighted by molar-refractivity contribution is 5.93. The maximum Gasteiger partial charge on any atom is 0.271 e. The third kappa shape index (κ3) is 4.58. The molecule has 2 amide bonds. The van der Waals surface area contributed by atoms with E-state index in [1.807, 2.05) is 32.9 Å². The molecule has 128 valence electrons. The van der Waals surface area contributed by atoms with Gasteiger partial charge >= 0.3 is 0 Å². The number of hydrogen-bond acceptors (Lipinski definition) is 4. The van der Waals surface area contributed by atoms with Crippen molar-refractivity contribution in [2.75, 3.05) is 5.32 Å². The molecular formula is C17H22N4O3. The fourth-order valence-corrected chi connectivity index (χ4v) is 2.32. The van der Waals surface area contributed by atoms with E-state index in [0.29, 0.717) is 18.7 Å². The molecule has 0 saturated heterocycles. The minimum absolute atomic E-state index is 0.0300. The van der Waals surface area contributed by atoms with Gasteiger partial charge in [-0.2, -0.15) is 0 Å². The van der Waals surface area contributed by atoms with Crippen LogP contribution in [0.4, 0.5) is 5.69 Å². The van der Waals surface area contributed by atoms with Gasteiger partial charge in [0, 0.05) is 18.7 Å². The van der Waals surface area contributed by atoms with E-state index in [9.17, 15) is 14.7 Å². The van der Waals surface area contributed by atoms with Crippen LogP contribution in [0.15, 0.2) is 30.6 Å².